The van der Waals surface area contributed by atoms with Crippen molar-refractivity contribution in [1.82, 2.24) is 9.80 Å². The lowest BCUT2D eigenvalue weighted by Gasteiger charge is -2.25. The van der Waals surface area contributed by atoms with Gasteiger partial charge in [0.15, 0.2) is 0 Å². The van der Waals surface area contributed by atoms with Crippen molar-refractivity contribution < 1.29 is 19.1 Å². The van der Waals surface area contributed by atoms with Crippen LogP contribution in [-0.2, 0) is 19.1 Å². The summed E-state index contributed by atoms with van der Waals surface area (Å²) in [5, 5.41) is 0. The molecule has 0 atom stereocenters. The Hall–Kier alpha value is -1.66. The molecular weight excluding hydrogens is 536 g/mol. The van der Waals surface area contributed by atoms with Crippen LogP contribution in [0.4, 0.5) is 0 Å². The minimum atomic E-state index is -0.0634. The van der Waals surface area contributed by atoms with Crippen molar-refractivity contribution in [2.45, 2.75) is 142 Å². The molecule has 43 heavy (non-hydrogen) atoms. The predicted octanol–water partition coefficient (Wildman–Crippen LogP) is 9.14. The summed E-state index contributed by atoms with van der Waals surface area (Å²) in [4.78, 5) is 28.6. The van der Waals surface area contributed by atoms with Crippen molar-refractivity contribution in [3.8, 4) is 0 Å². The zero-order valence-corrected chi connectivity index (χ0v) is 29.1. The van der Waals surface area contributed by atoms with Gasteiger partial charge in [-0.1, -0.05) is 115 Å². The number of allylic oxidation sites excluding steroid dienone is 2. The first-order valence-electron chi connectivity index (χ1n) is 17.8. The quantitative estimate of drug-likeness (QED) is 0.0446. The van der Waals surface area contributed by atoms with Crippen LogP contribution < -0.4 is 0 Å². The van der Waals surface area contributed by atoms with E-state index < -0.39 is 0 Å². The van der Waals surface area contributed by atoms with Gasteiger partial charge in [-0.15, -0.1) is 0 Å². The summed E-state index contributed by atoms with van der Waals surface area (Å²) >= 11 is 0. The Balaban J connectivity index is 4.08. The monoisotopic (exact) mass is 607 g/mol. The smallest absolute Gasteiger partial charge is 0.306 e. The van der Waals surface area contributed by atoms with Gasteiger partial charge >= 0.3 is 11.9 Å². The fourth-order valence-corrected chi connectivity index (χ4v) is 5.14. The molecular formula is C37H70N2O4. The summed E-state index contributed by atoms with van der Waals surface area (Å²) in [6.07, 6.45) is 30.3. The van der Waals surface area contributed by atoms with Gasteiger partial charge in [-0.25, -0.2) is 0 Å². The molecule has 0 radical (unpaired) electrons. The SMILES string of the molecule is CCCC/C=C/COC(=O)CCCCCCCC(CCCCCCCC(=O)OC/C=C/CCCC)CN(C)CCN(C)C. The summed E-state index contributed by atoms with van der Waals surface area (Å²) in [6.45, 7) is 8.57. The van der Waals surface area contributed by atoms with E-state index >= 15 is 0 Å². The highest BCUT2D eigenvalue weighted by Crippen LogP contribution is 2.20. The number of rotatable bonds is 31. The second kappa shape index (κ2) is 31.8. The third kappa shape index (κ3) is 31.6. The van der Waals surface area contributed by atoms with E-state index in [-0.39, 0.29) is 11.9 Å². The molecule has 0 unspecified atom stereocenters. The van der Waals surface area contributed by atoms with Crippen LogP contribution >= 0.6 is 0 Å². The molecule has 0 aliphatic carbocycles. The average Bonchev–Trinajstić information content (AvgIpc) is 2.98. The zero-order chi connectivity index (χ0) is 31.8. The normalized spacial score (nSPS) is 12.0. The van der Waals surface area contributed by atoms with Gasteiger partial charge in [-0.2, -0.15) is 0 Å². The first-order valence-corrected chi connectivity index (χ1v) is 17.8. The van der Waals surface area contributed by atoms with E-state index in [0.29, 0.717) is 26.1 Å². The van der Waals surface area contributed by atoms with Crippen molar-refractivity contribution in [2.24, 2.45) is 5.92 Å². The van der Waals surface area contributed by atoms with Crippen molar-refractivity contribution in [3.05, 3.63) is 24.3 Å². The lowest BCUT2D eigenvalue weighted by molar-refractivity contribution is -0.143. The maximum atomic E-state index is 11.9. The Labute approximate surface area is 267 Å². The van der Waals surface area contributed by atoms with Crippen molar-refractivity contribution >= 4 is 11.9 Å². The van der Waals surface area contributed by atoms with Crippen LogP contribution in [0.1, 0.15) is 142 Å². The maximum absolute atomic E-state index is 11.9. The number of esters is 2. The topological polar surface area (TPSA) is 59.1 Å². The van der Waals surface area contributed by atoms with Crippen molar-refractivity contribution in [2.75, 3.05) is 54.0 Å². The molecule has 0 aromatic heterocycles. The van der Waals surface area contributed by atoms with Crippen LogP contribution in [0.25, 0.3) is 0 Å². The fraction of sp³-hybridized carbons (Fsp3) is 0.838. The third-order valence-electron chi connectivity index (χ3n) is 7.95. The van der Waals surface area contributed by atoms with Gasteiger partial charge in [0.25, 0.3) is 0 Å². The first kappa shape index (κ1) is 41.3. The van der Waals surface area contributed by atoms with E-state index in [4.69, 9.17) is 9.47 Å². The third-order valence-corrected chi connectivity index (χ3v) is 7.95. The molecule has 6 heteroatoms. The number of likely N-dealkylation sites (N-methyl/N-ethyl adjacent to an activating group) is 2. The van der Waals surface area contributed by atoms with E-state index in [2.05, 4.69) is 56.9 Å². The van der Waals surface area contributed by atoms with E-state index in [9.17, 15) is 9.59 Å². The number of hydrogen-bond donors (Lipinski definition) is 0. The summed E-state index contributed by atoms with van der Waals surface area (Å²) in [6, 6.07) is 0. The Kier molecular flexibility index (Phi) is 30.5. The van der Waals surface area contributed by atoms with Gasteiger partial charge < -0.3 is 19.3 Å². The molecule has 0 N–H and O–H groups in total. The highest BCUT2D eigenvalue weighted by atomic mass is 16.5. The number of nitrogens with zero attached hydrogens (tertiary/aromatic N) is 2. The Bertz CT molecular complexity index is 644. The maximum Gasteiger partial charge on any atom is 0.306 e. The molecule has 0 saturated carbocycles. The van der Waals surface area contributed by atoms with Crippen LogP contribution in [0.2, 0.25) is 0 Å². The van der Waals surface area contributed by atoms with Gasteiger partial charge in [0.2, 0.25) is 0 Å². The summed E-state index contributed by atoms with van der Waals surface area (Å²) in [7, 11) is 6.54. The van der Waals surface area contributed by atoms with Crippen LogP contribution in [0.15, 0.2) is 24.3 Å². The van der Waals surface area contributed by atoms with E-state index in [1.54, 1.807) is 0 Å². The molecule has 252 valence electrons. The average molecular weight is 607 g/mol. The van der Waals surface area contributed by atoms with Crippen LogP contribution in [0.3, 0.4) is 0 Å². The highest BCUT2D eigenvalue weighted by Gasteiger charge is 2.12. The lowest BCUT2D eigenvalue weighted by Crippen LogP contribution is -2.32. The van der Waals surface area contributed by atoms with Gasteiger partial charge in [-0.05, 0) is 65.6 Å². The van der Waals surface area contributed by atoms with Gasteiger partial charge in [-0.3, -0.25) is 9.59 Å². The molecule has 0 aliphatic rings. The second-order valence-corrected chi connectivity index (χ2v) is 12.6. The first-order chi connectivity index (χ1) is 20.9. The number of hydrogen-bond acceptors (Lipinski definition) is 6. The largest absolute Gasteiger partial charge is 0.461 e. The minimum absolute atomic E-state index is 0.0634. The fourth-order valence-electron chi connectivity index (χ4n) is 5.14. The number of carbonyl (C=O) groups is 2. The summed E-state index contributed by atoms with van der Waals surface area (Å²) in [5.41, 5.74) is 0. The van der Waals surface area contributed by atoms with Crippen molar-refractivity contribution in [1.29, 1.82) is 0 Å². The van der Waals surface area contributed by atoms with E-state index in [1.807, 2.05) is 12.2 Å². The molecule has 0 fully saturated rings. The molecule has 0 amide bonds. The number of unbranched alkanes of at least 4 members (excludes halogenated alkanes) is 12. The molecule has 6 nitrogen and oxygen atoms in total. The summed E-state index contributed by atoms with van der Waals surface area (Å²) < 4.78 is 10.6. The summed E-state index contributed by atoms with van der Waals surface area (Å²) in [5.74, 6) is 0.617. The molecule has 0 heterocycles. The van der Waals surface area contributed by atoms with Gasteiger partial charge in [0.05, 0.1) is 0 Å². The number of ether oxygens (including phenoxy) is 2. The van der Waals surface area contributed by atoms with Crippen molar-refractivity contribution in [3.63, 3.8) is 0 Å². The van der Waals surface area contributed by atoms with Gasteiger partial charge in [0, 0.05) is 32.5 Å². The van der Waals surface area contributed by atoms with Crippen LogP contribution in [-0.4, -0.2) is 75.7 Å². The van der Waals surface area contributed by atoms with E-state index in [0.717, 1.165) is 57.5 Å². The Morgan fingerprint density at radius 2 is 1.02 bits per heavy atom. The zero-order valence-electron chi connectivity index (χ0n) is 29.1. The minimum Gasteiger partial charge on any atom is -0.461 e. The Morgan fingerprint density at radius 3 is 1.47 bits per heavy atom. The molecule has 0 aromatic carbocycles. The van der Waals surface area contributed by atoms with Crippen LogP contribution in [0.5, 0.6) is 0 Å². The molecule has 0 aliphatic heterocycles. The predicted molar refractivity (Wildman–Crippen MR) is 183 cm³/mol. The Morgan fingerprint density at radius 1 is 0.581 bits per heavy atom. The standard InChI is InChI=1S/C37H70N2O4/c1-6-8-10-18-24-32-42-36(40)28-22-16-12-14-20-26-35(34-39(5)31-30-38(3)4)27-21-15-13-17-23-29-37(41)43-33-25-19-11-9-7-2/h18-19,24-25,35H,6-17,20-23,26-34H2,1-5H3/b24-18+,25-19+. The molecule has 0 spiro atoms. The van der Waals surface area contributed by atoms with E-state index in [1.165, 1.54) is 83.6 Å². The molecule has 0 rings (SSSR count). The number of carbonyl (C=O) groups excluding carboxylic acids is 2. The molecule has 0 aromatic rings. The highest BCUT2D eigenvalue weighted by molar-refractivity contribution is 5.69. The molecule has 0 bridgehead atoms. The van der Waals surface area contributed by atoms with Gasteiger partial charge in [0.1, 0.15) is 13.2 Å². The second-order valence-electron chi connectivity index (χ2n) is 12.6. The molecule has 0 saturated heterocycles. The lowest BCUT2D eigenvalue weighted by atomic mass is 9.93. The van der Waals surface area contributed by atoms with Crippen LogP contribution in [0, 0.1) is 5.92 Å².